The van der Waals surface area contributed by atoms with Gasteiger partial charge >= 0.3 is 5.97 Å². The first-order valence-electron chi connectivity index (χ1n) is 8.82. The standard InChI is InChI=1S/C21H23NO3/c23-20(22-13-12-16-6-2-1-3-7-16)15-25-21(24)19-11-10-17-8-4-5-9-18(17)14-19/h1-3,6-7,10-11,14H,4-5,8-9,12-13,15H2,(H,22,23). The highest BCUT2D eigenvalue weighted by atomic mass is 16.5. The highest BCUT2D eigenvalue weighted by molar-refractivity contribution is 5.91. The Labute approximate surface area is 148 Å². The molecule has 0 aliphatic heterocycles. The molecule has 0 atom stereocenters. The summed E-state index contributed by atoms with van der Waals surface area (Å²) >= 11 is 0. The van der Waals surface area contributed by atoms with E-state index in [4.69, 9.17) is 4.74 Å². The number of rotatable bonds is 6. The molecule has 0 heterocycles. The Balaban J connectivity index is 1.43. The van der Waals surface area contributed by atoms with E-state index in [1.807, 2.05) is 42.5 Å². The van der Waals surface area contributed by atoms with Crippen molar-refractivity contribution in [3.05, 3.63) is 70.8 Å². The first-order valence-corrected chi connectivity index (χ1v) is 8.82. The van der Waals surface area contributed by atoms with Crippen LogP contribution in [-0.2, 0) is 28.8 Å². The van der Waals surface area contributed by atoms with E-state index in [-0.39, 0.29) is 12.5 Å². The van der Waals surface area contributed by atoms with Crippen molar-refractivity contribution in [3.63, 3.8) is 0 Å². The third-order valence-corrected chi connectivity index (χ3v) is 4.50. The van der Waals surface area contributed by atoms with Crippen LogP contribution in [0, 0.1) is 0 Å². The first kappa shape index (κ1) is 17.2. The van der Waals surface area contributed by atoms with Crippen LogP contribution in [0.3, 0.4) is 0 Å². The van der Waals surface area contributed by atoms with Crippen LogP contribution in [0.5, 0.6) is 0 Å². The van der Waals surface area contributed by atoms with Crippen molar-refractivity contribution < 1.29 is 14.3 Å². The fourth-order valence-corrected chi connectivity index (χ4v) is 3.12. The number of benzene rings is 2. The minimum Gasteiger partial charge on any atom is -0.452 e. The molecule has 25 heavy (non-hydrogen) atoms. The van der Waals surface area contributed by atoms with Crippen LogP contribution in [0.2, 0.25) is 0 Å². The van der Waals surface area contributed by atoms with Crippen LogP contribution in [0.4, 0.5) is 0 Å². The largest absolute Gasteiger partial charge is 0.452 e. The lowest BCUT2D eigenvalue weighted by molar-refractivity contribution is -0.124. The molecule has 0 bridgehead atoms. The molecule has 0 spiro atoms. The maximum atomic E-state index is 12.1. The number of carbonyl (C=O) groups excluding carboxylic acids is 2. The average molecular weight is 337 g/mol. The van der Waals surface area contributed by atoms with Gasteiger partial charge in [-0.05, 0) is 60.9 Å². The molecule has 4 heteroatoms. The van der Waals surface area contributed by atoms with Gasteiger partial charge in [-0.15, -0.1) is 0 Å². The van der Waals surface area contributed by atoms with Gasteiger partial charge < -0.3 is 10.1 Å². The number of esters is 1. The summed E-state index contributed by atoms with van der Waals surface area (Å²) in [6, 6.07) is 15.6. The molecule has 0 radical (unpaired) electrons. The van der Waals surface area contributed by atoms with Gasteiger partial charge in [0, 0.05) is 6.54 Å². The van der Waals surface area contributed by atoms with Crippen LogP contribution < -0.4 is 5.32 Å². The van der Waals surface area contributed by atoms with Gasteiger partial charge in [-0.2, -0.15) is 0 Å². The molecule has 1 N–H and O–H groups in total. The summed E-state index contributed by atoms with van der Waals surface area (Å²) in [4.78, 5) is 23.9. The maximum Gasteiger partial charge on any atom is 0.338 e. The van der Waals surface area contributed by atoms with Gasteiger partial charge in [0.15, 0.2) is 6.61 Å². The number of nitrogens with one attached hydrogen (secondary N) is 1. The summed E-state index contributed by atoms with van der Waals surface area (Å²) in [5, 5.41) is 2.77. The average Bonchev–Trinajstić information content (AvgIpc) is 2.66. The molecule has 4 nitrogen and oxygen atoms in total. The SMILES string of the molecule is O=C(COC(=O)c1ccc2c(c1)CCCC2)NCCc1ccccc1. The lowest BCUT2D eigenvalue weighted by atomic mass is 9.90. The van der Waals surface area contributed by atoms with E-state index in [9.17, 15) is 9.59 Å². The first-order chi connectivity index (χ1) is 12.2. The molecule has 0 fully saturated rings. The highest BCUT2D eigenvalue weighted by Crippen LogP contribution is 2.22. The fourth-order valence-electron chi connectivity index (χ4n) is 3.12. The minimum absolute atomic E-state index is 0.245. The van der Waals surface area contributed by atoms with Crippen molar-refractivity contribution in [3.8, 4) is 0 Å². The summed E-state index contributed by atoms with van der Waals surface area (Å²) < 4.78 is 5.13. The van der Waals surface area contributed by atoms with Gasteiger partial charge in [-0.25, -0.2) is 4.79 Å². The highest BCUT2D eigenvalue weighted by Gasteiger charge is 2.14. The minimum atomic E-state index is -0.438. The van der Waals surface area contributed by atoms with E-state index in [2.05, 4.69) is 5.32 Å². The molecular formula is C21H23NO3. The summed E-state index contributed by atoms with van der Waals surface area (Å²) in [6.45, 7) is 0.282. The van der Waals surface area contributed by atoms with E-state index in [1.54, 1.807) is 6.07 Å². The van der Waals surface area contributed by atoms with E-state index in [0.717, 1.165) is 31.2 Å². The summed E-state index contributed by atoms with van der Waals surface area (Å²) in [5.74, 6) is -0.714. The Bertz CT molecular complexity index is 740. The van der Waals surface area contributed by atoms with Gasteiger partial charge in [0.05, 0.1) is 5.56 Å². The van der Waals surface area contributed by atoms with Crippen molar-refractivity contribution in [1.82, 2.24) is 5.32 Å². The molecule has 2 aromatic rings. The van der Waals surface area contributed by atoms with E-state index < -0.39 is 5.97 Å². The molecule has 1 amide bonds. The third kappa shape index (κ3) is 4.92. The van der Waals surface area contributed by atoms with Crippen LogP contribution in [0.25, 0.3) is 0 Å². The van der Waals surface area contributed by atoms with E-state index in [0.29, 0.717) is 12.1 Å². The van der Waals surface area contributed by atoms with Crippen molar-refractivity contribution in [2.75, 3.05) is 13.2 Å². The topological polar surface area (TPSA) is 55.4 Å². The zero-order valence-corrected chi connectivity index (χ0v) is 14.3. The molecule has 1 aliphatic rings. The molecule has 0 aromatic heterocycles. The Hall–Kier alpha value is -2.62. The molecule has 3 rings (SSSR count). The molecule has 0 saturated carbocycles. The summed E-state index contributed by atoms with van der Waals surface area (Å²) in [5.41, 5.74) is 4.24. The van der Waals surface area contributed by atoms with Crippen molar-refractivity contribution >= 4 is 11.9 Å². The van der Waals surface area contributed by atoms with Gasteiger partial charge in [-0.1, -0.05) is 36.4 Å². The second-order valence-corrected chi connectivity index (χ2v) is 6.35. The lowest BCUT2D eigenvalue weighted by Gasteiger charge is -2.16. The Kier molecular flexibility index (Phi) is 5.83. The zero-order valence-electron chi connectivity index (χ0n) is 14.3. The van der Waals surface area contributed by atoms with Gasteiger partial charge in [-0.3, -0.25) is 4.79 Å². The Morgan fingerprint density at radius 1 is 0.960 bits per heavy atom. The van der Waals surface area contributed by atoms with Gasteiger partial charge in [0.25, 0.3) is 5.91 Å². The number of carbonyl (C=O) groups is 2. The van der Waals surface area contributed by atoms with Crippen LogP contribution in [0.1, 0.15) is 39.9 Å². The Morgan fingerprint density at radius 3 is 2.52 bits per heavy atom. The normalized spacial score (nSPS) is 13.0. The quantitative estimate of drug-likeness (QED) is 0.824. The zero-order chi connectivity index (χ0) is 17.5. The second-order valence-electron chi connectivity index (χ2n) is 6.35. The Morgan fingerprint density at radius 2 is 1.72 bits per heavy atom. The summed E-state index contributed by atoms with van der Waals surface area (Å²) in [6.07, 6.45) is 5.21. The van der Waals surface area contributed by atoms with Gasteiger partial charge in [0.1, 0.15) is 0 Å². The predicted molar refractivity (Wildman–Crippen MR) is 96.5 cm³/mol. The number of ether oxygens (including phenoxy) is 1. The monoisotopic (exact) mass is 337 g/mol. The van der Waals surface area contributed by atoms with Crippen LogP contribution in [0.15, 0.2) is 48.5 Å². The van der Waals surface area contributed by atoms with E-state index >= 15 is 0 Å². The number of hydrogen-bond acceptors (Lipinski definition) is 3. The van der Waals surface area contributed by atoms with Gasteiger partial charge in [0.2, 0.25) is 0 Å². The third-order valence-electron chi connectivity index (χ3n) is 4.50. The summed E-state index contributed by atoms with van der Waals surface area (Å²) in [7, 11) is 0. The number of hydrogen-bond donors (Lipinski definition) is 1. The van der Waals surface area contributed by atoms with E-state index in [1.165, 1.54) is 17.5 Å². The molecule has 0 unspecified atom stereocenters. The lowest BCUT2D eigenvalue weighted by Crippen LogP contribution is -2.30. The molecule has 1 aliphatic carbocycles. The molecular weight excluding hydrogens is 314 g/mol. The van der Waals surface area contributed by atoms with Crippen LogP contribution in [-0.4, -0.2) is 25.0 Å². The maximum absolute atomic E-state index is 12.1. The number of aryl methyl sites for hydroxylation is 2. The second kappa shape index (κ2) is 8.47. The predicted octanol–water partition coefficient (Wildman–Crippen LogP) is 3.08. The van der Waals surface area contributed by atoms with Crippen molar-refractivity contribution in [1.29, 1.82) is 0 Å². The molecule has 2 aromatic carbocycles. The van der Waals surface area contributed by atoms with Crippen molar-refractivity contribution in [2.24, 2.45) is 0 Å². The van der Waals surface area contributed by atoms with Crippen LogP contribution >= 0.6 is 0 Å². The fraction of sp³-hybridized carbons (Fsp3) is 0.333. The molecule has 0 saturated heterocycles. The number of amides is 1. The van der Waals surface area contributed by atoms with Crippen molar-refractivity contribution in [2.45, 2.75) is 32.1 Å². The molecule has 130 valence electrons. The number of fused-ring (bicyclic) bond motifs is 1. The smallest absolute Gasteiger partial charge is 0.338 e.